The molecule has 0 aliphatic heterocycles. The first-order valence-electron chi connectivity index (χ1n) is 18.0. The first kappa shape index (κ1) is 30.4. The molecule has 0 aliphatic rings. The van der Waals surface area contributed by atoms with E-state index in [0.29, 0.717) is 0 Å². The van der Waals surface area contributed by atoms with Gasteiger partial charge in [-0.3, -0.25) is 0 Å². The Balaban J connectivity index is 1.17. The van der Waals surface area contributed by atoms with Crippen molar-refractivity contribution >= 4 is 102 Å². The lowest BCUT2D eigenvalue weighted by Crippen LogP contribution is -2.09. The third kappa shape index (κ3) is 4.82. The summed E-state index contributed by atoms with van der Waals surface area (Å²) in [6.07, 6.45) is 0. The zero-order valence-electron chi connectivity index (χ0n) is 28.7. The zero-order chi connectivity index (χ0) is 34.9. The Bertz CT molecular complexity index is 3170. The Labute approximate surface area is 315 Å². The molecule has 0 radical (unpaired) electrons. The van der Waals surface area contributed by atoms with Crippen LogP contribution in [0.4, 0.5) is 17.1 Å². The van der Waals surface area contributed by atoms with Crippen molar-refractivity contribution in [2.45, 2.75) is 0 Å². The van der Waals surface area contributed by atoms with Crippen LogP contribution in [0.3, 0.4) is 0 Å². The number of fused-ring (bicyclic) bond motifs is 9. The lowest BCUT2D eigenvalue weighted by Gasteiger charge is -2.26. The van der Waals surface area contributed by atoms with E-state index in [2.05, 4.69) is 193 Å². The molecule has 53 heavy (non-hydrogen) atoms. The Morgan fingerprint density at radius 2 is 1.00 bits per heavy atom. The molecule has 0 atom stereocenters. The molecule has 0 spiro atoms. The van der Waals surface area contributed by atoms with Crippen LogP contribution in [-0.4, -0.2) is 0 Å². The van der Waals surface area contributed by atoms with Gasteiger partial charge < -0.3 is 4.90 Å². The summed E-state index contributed by atoms with van der Waals surface area (Å²) < 4.78 is 5.27. The minimum Gasteiger partial charge on any atom is -0.309 e. The summed E-state index contributed by atoms with van der Waals surface area (Å²) in [5, 5.41) is 10.3. The second-order valence-corrected chi connectivity index (χ2v) is 15.7. The molecular weight excluding hydrogens is 679 g/mol. The molecule has 2 aromatic heterocycles. The molecule has 1 nitrogen and oxygen atoms in total. The second-order valence-electron chi connectivity index (χ2n) is 13.6. The van der Waals surface area contributed by atoms with Crippen molar-refractivity contribution in [3.63, 3.8) is 0 Å². The van der Waals surface area contributed by atoms with Gasteiger partial charge in [-0.1, -0.05) is 146 Å². The maximum atomic E-state index is 2.47. The Morgan fingerprint density at radius 1 is 0.340 bits per heavy atom. The fourth-order valence-corrected chi connectivity index (χ4v) is 10.8. The monoisotopic (exact) mass is 709 g/mol. The van der Waals surface area contributed by atoms with Crippen LogP contribution in [0.25, 0.3) is 84.1 Å². The number of hydrogen-bond acceptors (Lipinski definition) is 3. The number of thiophene rings is 2. The van der Waals surface area contributed by atoms with Crippen molar-refractivity contribution in [2.24, 2.45) is 0 Å². The molecule has 11 rings (SSSR count). The predicted molar refractivity (Wildman–Crippen MR) is 233 cm³/mol. The van der Waals surface area contributed by atoms with Crippen LogP contribution in [0.2, 0.25) is 0 Å². The molecule has 0 saturated heterocycles. The molecule has 9 aromatic carbocycles. The van der Waals surface area contributed by atoms with Crippen LogP contribution in [0, 0.1) is 0 Å². The minimum absolute atomic E-state index is 1.14. The van der Waals surface area contributed by atoms with Gasteiger partial charge in [-0.05, 0) is 75.3 Å². The molecule has 248 valence electrons. The summed E-state index contributed by atoms with van der Waals surface area (Å²) in [7, 11) is 0. The van der Waals surface area contributed by atoms with Crippen molar-refractivity contribution in [1.29, 1.82) is 0 Å². The fraction of sp³-hybridized carbons (Fsp3) is 0. The standard InChI is InChI=1S/C50H31NS2/c1-3-15-33(16-4-1)37-22-13-27-46-47(37)42-25-11-23-40(48(42)52-46)43-31-44-41-24-12-26-45(50(41)53-49(44)39-21-10-9-20-38(39)43)51(35-18-5-2-6-19-35)36-29-28-32-14-7-8-17-34(32)30-36/h1-31H. The van der Waals surface area contributed by atoms with Crippen LogP contribution >= 0.6 is 22.7 Å². The minimum atomic E-state index is 1.14. The summed E-state index contributed by atoms with van der Waals surface area (Å²) >= 11 is 3.82. The highest BCUT2D eigenvalue weighted by Gasteiger charge is 2.21. The number of anilines is 3. The summed E-state index contributed by atoms with van der Waals surface area (Å²) in [6.45, 7) is 0. The first-order chi connectivity index (χ1) is 26.3. The third-order valence-electron chi connectivity index (χ3n) is 10.6. The van der Waals surface area contributed by atoms with Crippen molar-refractivity contribution in [1.82, 2.24) is 0 Å². The van der Waals surface area contributed by atoms with Gasteiger partial charge in [0.05, 0.1) is 10.4 Å². The van der Waals surface area contributed by atoms with Gasteiger partial charge in [0.15, 0.2) is 0 Å². The van der Waals surface area contributed by atoms with Gasteiger partial charge in [0, 0.05) is 58.0 Å². The van der Waals surface area contributed by atoms with Gasteiger partial charge in [-0.25, -0.2) is 0 Å². The molecule has 2 heterocycles. The molecule has 11 aromatic rings. The predicted octanol–water partition coefficient (Wildman–Crippen LogP) is 15.5. The Hall–Kier alpha value is -6.26. The highest BCUT2D eigenvalue weighted by Crippen LogP contribution is 2.50. The topological polar surface area (TPSA) is 3.24 Å². The summed E-state index contributed by atoms with van der Waals surface area (Å²) in [5.74, 6) is 0. The highest BCUT2D eigenvalue weighted by molar-refractivity contribution is 7.27. The van der Waals surface area contributed by atoms with E-state index in [1.807, 2.05) is 22.7 Å². The van der Waals surface area contributed by atoms with Gasteiger partial charge in [0.25, 0.3) is 0 Å². The van der Waals surface area contributed by atoms with Crippen molar-refractivity contribution in [2.75, 3.05) is 4.90 Å². The third-order valence-corrected chi connectivity index (χ3v) is 13.1. The van der Waals surface area contributed by atoms with Crippen LogP contribution in [-0.2, 0) is 0 Å². The smallest absolute Gasteiger partial charge is 0.0640 e. The first-order valence-corrected chi connectivity index (χ1v) is 19.6. The zero-order valence-corrected chi connectivity index (χ0v) is 30.3. The quantitative estimate of drug-likeness (QED) is 0.172. The molecule has 0 aliphatic carbocycles. The summed E-state index contributed by atoms with van der Waals surface area (Å²) in [4.78, 5) is 2.43. The van der Waals surface area contributed by atoms with Gasteiger partial charge in [-0.2, -0.15) is 0 Å². The highest BCUT2D eigenvalue weighted by atomic mass is 32.1. The van der Waals surface area contributed by atoms with E-state index in [0.717, 1.165) is 11.4 Å². The van der Waals surface area contributed by atoms with Gasteiger partial charge in [0.2, 0.25) is 0 Å². The molecule has 0 saturated carbocycles. The Kier molecular flexibility index (Phi) is 6.97. The van der Waals surface area contributed by atoms with Gasteiger partial charge in [-0.15, -0.1) is 22.7 Å². The van der Waals surface area contributed by atoms with Crippen LogP contribution in [0.5, 0.6) is 0 Å². The molecular formula is C50H31NS2. The average Bonchev–Trinajstić information content (AvgIpc) is 3.81. The summed E-state index contributed by atoms with van der Waals surface area (Å²) in [6, 6.07) is 68.9. The number of nitrogens with zero attached hydrogens (tertiary/aromatic N) is 1. The van der Waals surface area contributed by atoms with E-state index in [4.69, 9.17) is 0 Å². The second kappa shape index (κ2) is 12.2. The molecule has 0 bridgehead atoms. The largest absolute Gasteiger partial charge is 0.309 e. The molecule has 0 unspecified atom stereocenters. The van der Waals surface area contributed by atoms with E-state index in [-0.39, 0.29) is 0 Å². The van der Waals surface area contributed by atoms with Crippen LogP contribution < -0.4 is 4.90 Å². The van der Waals surface area contributed by atoms with Crippen molar-refractivity contribution in [3.05, 3.63) is 188 Å². The number of benzene rings is 9. The van der Waals surface area contributed by atoms with E-state index in [9.17, 15) is 0 Å². The number of rotatable bonds is 5. The summed E-state index contributed by atoms with van der Waals surface area (Å²) in [5.41, 5.74) is 8.60. The lowest BCUT2D eigenvalue weighted by molar-refractivity contribution is 1.31. The van der Waals surface area contributed by atoms with Crippen LogP contribution in [0.1, 0.15) is 0 Å². The molecule has 0 amide bonds. The lowest BCUT2D eigenvalue weighted by atomic mass is 9.93. The van der Waals surface area contributed by atoms with Crippen molar-refractivity contribution < 1.29 is 0 Å². The average molecular weight is 710 g/mol. The normalized spacial score (nSPS) is 11.8. The SMILES string of the molecule is c1ccc(-c2cccc3sc4c(-c5cc6c7cccc(N(c8ccccc8)c8ccc9ccccc9c8)c7sc6c6ccccc56)cccc4c23)cc1. The van der Waals surface area contributed by atoms with E-state index in [1.165, 1.54) is 89.8 Å². The number of hydrogen-bond donors (Lipinski definition) is 0. The number of para-hydroxylation sites is 1. The maximum absolute atomic E-state index is 2.47. The fourth-order valence-electron chi connectivity index (χ4n) is 8.24. The van der Waals surface area contributed by atoms with Crippen molar-refractivity contribution in [3.8, 4) is 22.3 Å². The van der Waals surface area contributed by atoms with E-state index in [1.54, 1.807) is 0 Å². The molecule has 0 fully saturated rings. The van der Waals surface area contributed by atoms with E-state index < -0.39 is 0 Å². The van der Waals surface area contributed by atoms with Crippen LogP contribution in [0.15, 0.2) is 188 Å². The Morgan fingerprint density at radius 3 is 1.87 bits per heavy atom. The van der Waals surface area contributed by atoms with Gasteiger partial charge >= 0.3 is 0 Å². The molecule has 0 N–H and O–H groups in total. The van der Waals surface area contributed by atoms with Gasteiger partial charge in [0.1, 0.15) is 0 Å². The molecule has 3 heteroatoms. The van der Waals surface area contributed by atoms with E-state index >= 15 is 0 Å². The maximum Gasteiger partial charge on any atom is 0.0640 e.